The van der Waals surface area contributed by atoms with Crippen molar-refractivity contribution in [2.24, 2.45) is 0 Å². The Balaban J connectivity index is 1.70. The van der Waals surface area contributed by atoms with E-state index in [0.717, 1.165) is 49.2 Å². The predicted molar refractivity (Wildman–Crippen MR) is 90.6 cm³/mol. The van der Waals surface area contributed by atoms with Crippen LogP contribution in [-0.2, 0) is 4.79 Å². The van der Waals surface area contributed by atoms with Crippen molar-refractivity contribution in [2.75, 3.05) is 6.54 Å². The SMILES string of the molecule is C#CCCCCC(=O)N1CCC[C@H]1c1nc2ccccc2s1. The number of hydrogen-bond donors (Lipinski definition) is 0. The van der Waals surface area contributed by atoms with Crippen molar-refractivity contribution in [3.05, 3.63) is 29.3 Å². The van der Waals surface area contributed by atoms with E-state index in [9.17, 15) is 4.79 Å². The highest BCUT2D eigenvalue weighted by atomic mass is 32.1. The van der Waals surface area contributed by atoms with Crippen LogP contribution < -0.4 is 0 Å². The molecule has 0 radical (unpaired) electrons. The Morgan fingerprint density at radius 1 is 1.41 bits per heavy atom. The topological polar surface area (TPSA) is 33.2 Å². The first-order valence-corrected chi connectivity index (χ1v) is 8.69. The van der Waals surface area contributed by atoms with Crippen LogP contribution in [0.1, 0.15) is 49.6 Å². The molecule has 3 rings (SSSR count). The van der Waals surface area contributed by atoms with Crippen molar-refractivity contribution in [3.63, 3.8) is 0 Å². The average molecular weight is 312 g/mol. The molecule has 1 aromatic carbocycles. The van der Waals surface area contributed by atoms with Gasteiger partial charge >= 0.3 is 0 Å². The molecule has 4 heteroatoms. The highest BCUT2D eigenvalue weighted by molar-refractivity contribution is 7.18. The number of para-hydroxylation sites is 1. The second-order valence-corrected chi connectivity index (χ2v) is 6.74. The molecule has 22 heavy (non-hydrogen) atoms. The molecular weight excluding hydrogens is 292 g/mol. The standard InChI is InChI=1S/C18H20N2OS/c1-2-3-4-5-12-17(21)20-13-8-10-15(20)18-19-14-9-6-7-11-16(14)22-18/h1,6-7,9,11,15H,3-5,8,10,12-13H2/t15-/m0/s1. The van der Waals surface area contributed by atoms with Gasteiger partial charge in [-0.2, -0.15) is 0 Å². The van der Waals surface area contributed by atoms with Crippen molar-refractivity contribution in [3.8, 4) is 12.3 Å². The van der Waals surface area contributed by atoms with Gasteiger partial charge in [-0.1, -0.05) is 12.1 Å². The molecule has 1 amide bonds. The maximum absolute atomic E-state index is 12.5. The summed E-state index contributed by atoms with van der Waals surface area (Å²) in [5, 5.41) is 1.08. The number of carbonyl (C=O) groups excluding carboxylic acids is 1. The van der Waals surface area contributed by atoms with Gasteiger partial charge in [0, 0.05) is 19.4 Å². The third-order valence-corrected chi connectivity index (χ3v) is 5.27. The summed E-state index contributed by atoms with van der Waals surface area (Å²) >= 11 is 1.72. The summed E-state index contributed by atoms with van der Waals surface area (Å²) in [5.74, 6) is 2.88. The van der Waals surface area contributed by atoms with Crippen LogP contribution in [0.4, 0.5) is 0 Å². The Labute approximate surface area is 135 Å². The van der Waals surface area contributed by atoms with Crippen molar-refractivity contribution in [2.45, 2.75) is 44.6 Å². The third-order valence-electron chi connectivity index (χ3n) is 4.13. The molecule has 1 aliphatic heterocycles. The maximum atomic E-state index is 12.5. The number of amides is 1. The second kappa shape index (κ2) is 6.93. The summed E-state index contributed by atoms with van der Waals surface area (Å²) in [6, 6.07) is 8.34. The molecule has 0 spiro atoms. The number of carbonyl (C=O) groups is 1. The number of thiazole rings is 1. The molecule has 0 saturated carbocycles. The summed E-state index contributed by atoms with van der Waals surface area (Å²) in [6.45, 7) is 0.856. The van der Waals surface area contributed by atoms with Gasteiger partial charge in [0.2, 0.25) is 5.91 Å². The van der Waals surface area contributed by atoms with E-state index in [-0.39, 0.29) is 11.9 Å². The van der Waals surface area contributed by atoms with E-state index < -0.39 is 0 Å². The van der Waals surface area contributed by atoms with Crippen molar-refractivity contribution in [1.82, 2.24) is 9.88 Å². The molecule has 0 unspecified atom stereocenters. The lowest BCUT2D eigenvalue weighted by Gasteiger charge is -2.23. The van der Waals surface area contributed by atoms with E-state index in [1.54, 1.807) is 11.3 Å². The summed E-state index contributed by atoms with van der Waals surface area (Å²) < 4.78 is 1.20. The number of terminal acetylenes is 1. The minimum absolute atomic E-state index is 0.164. The quantitative estimate of drug-likeness (QED) is 0.614. The van der Waals surface area contributed by atoms with Crippen LogP contribution in [0.5, 0.6) is 0 Å². The summed E-state index contributed by atoms with van der Waals surface area (Å²) in [4.78, 5) is 19.2. The van der Waals surface area contributed by atoms with Gasteiger partial charge in [-0.05, 0) is 37.8 Å². The Bertz CT molecular complexity index is 667. The Morgan fingerprint density at radius 2 is 2.27 bits per heavy atom. The monoisotopic (exact) mass is 312 g/mol. The number of fused-ring (bicyclic) bond motifs is 1. The molecule has 0 aliphatic carbocycles. The zero-order valence-corrected chi connectivity index (χ0v) is 13.4. The van der Waals surface area contributed by atoms with Crippen molar-refractivity contribution < 1.29 is 4.79 Å². The van der Waals surface area contributed by atoms with Crippen molar-refractivity contribution >= 4 is 27.5 Å². The number of rotatable bonds is 5. The fourth-order valence-electron chi connectivity index (χ4n) is 3.00. The first-order chi connectivity index (χ1) is 10.8. The molecule has 114 valence electrons. The average Bonchev–Trinajstić information content (AvgIpc) is 3.16. The molecule has 0 bridgehead atoms. The van der Waals surface area contributed by atoms with E-state index in [1.807, 2.05) is 23.1 Å². The number of benzene rings is 1. The zero-order valence-electron chi connectivity index (χ0n) is 12.6. The largest absolute Gasteiger partial charge is 0.333 e. The molecule has 1 aromatic heterocycles. The van der Waals surface area contributed by atoms with Crippen LogP contribution in [0.2, 0.25) is 0 Å². The molecular formula is C18H20N2OS. The lowest BCUT2D eigenvalue weighted by molar-refractivity contribution is -0.132. The Morgan fingerprint density at radius 3 is 3.09 bits per heavy atom. The van der Waals surface area contributed by atoms with Crippen LogP contribution >= 0.6 is 11.3 Å². The highest BCUT2D eigenvalue weighted by Gasteiger charge is 2.31. The fourth-order valence-corrected chi connectivity index (χ4v) is 4.12. The molecule has 3 nitrogen and oxygen atoms in total. The molecule has 1 fully saturated rings. The number of aromatic nitrogens is 1. The summed E-state index contributed by atoms with van der Waals surface area (Å²) in [6.07, 6.45) is 10.5. The minimum atomic E-state index is 0.164. The smallest absolute Gasteiger partial charge is 0.223 e. The molecule has 2 aromatic rings. The lowest BCUT2D eigenvalue weighted by Crippen LogP contribution is -2.30. The van der Waals surface area contributed by atoms with E-state index >= 15 is 0 Å². The van der Waals surface area contributed by atoms with Gasteiger partial charge in [0.1, 0.15) is 5.01 Å². The minimum Gasteiger partial charge on any atom is -0.333 e. The summed E-state index contributed by atoms with van der Waals surface area (Å²) in [7, 11) is 0. The van der Waals surface area contributed by atoms with Gasteiger partial charge in [0.05, 0.1) is 16.3 Å². The Kier molecular flexibility index (Phi) is 4.74. The van der Waals surface area contributed by atoms with Crippen LogP contribution in [0, 0.1) is 12.3 Å². The molecule has 1 aliphatic rings. The lowest BCUT2D eigenvalue weighted by atomic mass is 10.1. The number of unbranched alkanes of at least 4 members (excludes halogenated alkanes) is 2. The normalized spacial score (nSPS) is 17.8. The van der Waals surface area contributed by atoms with E-state index in [4.69, 9.17) is 11.4 Å². The van der Waals surface area contributed by atoms with Gasteiger partial charge in [-0.3, -0.25) is 4.79 Å². The van der Waals surface area contributed by atoms with Crippen LogP contribution in [-0.4, -0.2) is 22.3 Å². The van der Waals surface area contributed by atoms with Crippen molar-refractivity contribution in [1.29, 1.82) is 0 Å². The first kappa shape index (κ1) is 15.1. The molecule has 1 saturated heterocycles. The van der Waals surface area contributed by atoms with Crippen LogP contribution in [0.15, 0.2) is 24.3 Å². The number of likely N-dealkylation sites (tertiary alicyclic amines) is 1. The zero-order chi connectivity index (χ0) is 15.4. The number of hydrogen-bond acceptors (Lipinski definition) is 3. The number of nitrogens with zero attached hydrogens (tertiary/aromatic N) is 2. The third kappa shape index (κ3) is 3.15. The molecule has 1 atom stereocenters. The van der Waals surface area contributed by atoms with Gasteiger partial charge < -0.3 is 4.90 Å². The van der Waals surface area contributed by atoms with Crippen LogP contribution in [0.3, 0.4) is 0 Å². The highest BCUT2D eigenvalue weighted by Crippen LogP contribution is 2.36. The van der Waals surface area contributed by atoms with Gasteiger partial charge in [-0.25, -0.2) is 4.98 Å². The molecule has 0 N–H and O–H groups in total. The fraction of sp³-hybridized carbons (Fsp3) is 0.444. The second-order valence-electron chi connectivity index (χ2n) is 5.68. The van der Waals surface area contributed by atoms with Gasteiger partial charge in [0.15, 0.2) is 0 Å². The van der Waals surface area contributed by atoms with Crippen LogP contribution in [0.25, 0.3) is 10.2 Å². The van der Waals surface area contributed by atoms with E-state index in [1.165, 1.54) is 4.70 Å². The van der Waals surface area contributed by atoms with E-state index in [0.29, 0.717) is 6.42 Å². The van der Waals surface area contributed by atoms with Gasteiger partial charge in [-0.15, -0.1) is 23.7 Å². The van der Waals surface area contributed by atoms with E-state index in [2.05, 4.69) is 12.0 Å². The first-order valence-electron chi connectivity index (χ1n) is 7.88. The summed E-state index contributed by atoms with van der Waals surface area (Å²) in [5.41, 5.74) is 1.04. The van der Waals surface area contributed by atoms with Gasteiger partial charge in [0.25, 0.3) is 0 Å². The maximum Gasteiger partial charge on any atom is 0.223 e. The Hall–Kier alpha value is -1.86. The molecule has 2 heterocycles. The predicted octanol–water partition coefficient (Wildman–Crippen LogP) is 4.15.